The van der Waals surface area contributed by atoms with Gasteiger partial charge in [-0.2, -0.15) is 0 Å². The first-order valence-corrected chi connectivity index (χ1v) is 7.93. The van der Waals surface area contributed by atoms with E-state index >= 15 is 0 Å². The van der Waals surface area contributed by atoms with Crippen molar-refractivity contribution in [1.82, 2.24) is 10.2 Å². The van der Waals surface area contributed by atoms with E-state index in [9.17, 15) is 4.79 Å². The number of carbonyl (C=O) groups excluding carboxylic acids is 1. The summed E-state index contributed by atoms with van der Waals surface area (Å²) in [6.45, 7) is 7.87. The van der Waals surface area contributed by atoms with Gasteiger partial charge in [0, 0.05) is 19.6 Å². The Morgan fingerprint density at radius 2 is 2.10 bits per heavy atom. The molecule has 0 fully saturated rings. The molecule has 1 aromatic rings. The van der Waals surface area contributed by atoms with Gasteiger partial charge < -0.3 is 10.1 Å². The van der Waals surface area contributed by atoms with Gasteiger partial charge in [-0.05, 0) is 37.4 Å². The maximum atomic E-state index is 12.1. The highest BCUT2D eigenvalue weighted by Crippen LogP contribution is 2.18. The molecule has 0 saturated heterocycles. The Kier molecular flexibility index (Phi) is 6.21. The Morgan fingerprint density at radius 1 is 1.33 bits per heavy atom. The third kappa shape index (κ3) is 4.55. The van der Waals surface area contributed by atoms with Crippen molar-refractivity contribution >= 4 is 5.97 Å². The van der Waals surface area contributed by atoms with E-state index in [2.05, 4.69) is 41.4 Å². The van der Waals surface area contributed by atoms with Crippen molar-refractivity contribution in [2.24, 2.45) is 0 Å². The molecule has 0 spiro atoms. The lowest BCUT2D eigenvalue weighted by atomic mass is 9.99. The van der Waals surface area contributed by atoms with E-state index < -0.39 is 0 Å². The first-order valence-electron chi connectivity index (χ1n) is 7.93. The Bertz CT molecular complexity index is 462. The van der Waals surface area contributed by atoms with E-state index in [-0.39, 0.29) is 12.0 Å². The summed E-state index contributed by atoms with van der Waals surface area (Å²) in [5.74, 6) is -0.134. The molecule has 4 heteroatoms. The van der Waals surface area contributed by atoms with Gasteiger partial charge in [0.05, 0.1) is 6.61 Å². The van der Waals surface area contributed by atoms with Crippen LogP contribution in [0.3, 0.4) is 0 Å². The minimum absolute atomic E-state index is 0.134. The zero-order chi connectivity index (χ0) is 15.1. The molecule has 1 aliphatic heterocycles. The largest absolute Gasteiger partial charge is 0.465 e. The Morgan fingerprint density at radius 3 is 2.81 bits per heavy atom. The second-order valence-electron chi connectivity index (χ2n) is 5.51. The maximum absolute atomic E-state index is 12.1. The highest BCUT2D eigenvalue weighted by atomic mass is 16.5. The minimum atomic E-state index is -0.227. The van der Waals surface area contributed by atoms with E-state index in [1.54, 1.807) is 0 Å². The van der Waals surface area contributed by atoms with Crippen molar-refractivity contribution in [2.45, 2.75) is 39.3 Å². The summed E-state index contributed by atoms with van der Waals surface area (Å²) >= 11 is 0. The van der Waals surface area contributed by atoms with Gasteiger partial charge in [-0.25, -0.2) is 0 Å². The van der Waals surface area contributed by atoms with Crippen LogP contribution in [0.1, 0.15) is 31.4 Å². The molecule has 1 aromatic carbocycles. The first-order chi connectivity index (χ1) is 10.2. The number of fused-ring (bicyclic) bond motifs is 1. The van der Waals surface area contributed by atoms with Crippen LogP contribution in [0.15, 0.2) is 24.3 Å². The van der Waals surface area contributed by atoms with Crippen molar-refractivity contribution in [2.75, 3.05) is 26.2 Å². The van der Waals surface area contributed by atoms with Crippen LogP contribution in [0.4, 0.5) is 0 Å². The lowest BCUT2D eigenvalue weighted by Gasteiger charge is -2.31. The Hall–Kier alpha value is -1.39. The molecule has 1 aliphatic rings. The summed E-state index contributed by atoms with van der Waals surface area (Å²) < 4.78 is 5.18. The fraction of sp³-hybridized carbons (Fsp3) is 0.588. The molecule has 0 aromatic heterocycles. The molecule has 21 heavy (non-hydrogen) atoms. The Balaban J connectivity index is 1.95. The number of benzene rings is 1. The smallest absolute Gasteiger partial charge is 0.324 e. The number of carbonyl (C=O) groups is 1. The second kappa shape index (κ2) is 8.15. The van der Waals surface area contributed by atoms with E-state index in [0.717, 1.165) is 32.5 Å². The van der Waals surface area contributed by atoms with Crippen molar-refractivity contribution in [3.63, 3.8) is 0 Å². The van der Waals surface area contributed by atoms with Crippen LogP contribution in [0.5, 0.6) is 0 Å². The molecule has 4 nitrogen and oxygen atoms in total. The molecular formula is C17H26N2O2. The number of nitrogens with one attached hydrogen (secondary N) is 1. The highest BCUT2D eigenvalue weighted by molar-refractivity contribution is 5.76. The minimum Gasteiger partial charge on any atom is -0.465 e. The van der Waals surface area contributed by atoms with Gasteiger partial charge in [0.15, 0.2) is 0 Å². The molecule has 1 atom stereocenters. The van der Waals surface area contributed by atoms with E-state index in [0.29, 0.717) is 13.2 Å². The quantitative estimate of drug-likeness (QED) is 0.780. The lowest BCUT2D eigenvalue weighted by molar-refractivity contribution is -0.146. The van der Waals surface area contributed by atoms with Crippen molar-refractivity contribution < 1.29 is 9.53 Å². The average Bonchev–Trinajstić information content (AvgIpc) is 2.51. The fourth-order valence-corrected chi connectivity index (χ4v) is 2.75. The summed E-state index contributed by atoms with van der Waals surface area (Å²) in [5, 5.41) is 3.31. The summed E-state index contributed by atoms with van der Waals surface area (Å²) in [6, 6.07) is 8.33. The molecule has 0 aliphatic carbocycles. The number of nitrogens with zero attached hydrogens (tertiary/aromatic N) is 1. The van der Waals surface area contributed by atoms with Crippen LogP contribution >= 0.6 is 0 Å². The molecule has 1 unspecified atom stereocenters. The maximum Gasteiger partial charge on any atom is 0.324 e. The summed E-state index contributed by atoms with van der Waals surface area (Å²) in [7, 11) is 0. The summed E-state index contributed by atoms with van der Waals surface area (Å²) in [6.07, 6.45) is 2.07. The van der Waals surface area contributed by atoms with Crippen LogP contribution in [0, 0.1) is 0 Å². The lowest BCUT2D eigenvalue weighted by Crippen LogP contribution is -2.48. The number of hydrogen-bond donors (Lipinski definition) is 1. The van der Waals surface area contributed by atoms with E-state index in [1.165, 1.54) is 11.1 Å². The predicted molar refractivity (Wildman–Crippen MR) is 84.1 cm³/mol. The number of rotatable bonds is 7. The van der Waals surface area contributed by atoms with Crippen LogP contribution in [-0.2, 0) is 22.5 Å². The van der Waals surface area contributed by atoms with Gasteiger partial charge in [-0.3, -0.25) is 9.69 Å². The van der Waals surface area contributed by atoms with Gasteiger partial charge in [-0.15, -0.1) is 0 Å². The second-order valence-corrected chi connectivity index (χ2v) is 5.51. The summed E-state index contributed by atoms with van der Waals surface area (Å²) in [5.41, 5.74) is 2.81. The van der Waals surface area contributed by atoms with Crippen LogP contribution in [-0.4, -0.2) is 43.2 Å². The Labute approximate surface area is 127 Å². The molecule has 0 radical (unpaired) electrons. The zero-order valence-electron chi connectivity index (χ0n) is 13.1. The van der Waals surface area contributed by atoms with Crippen LogP contribution in [0.2, 0.25) is 0 Å². The molecule has 2 rings (SSSR count). The van der Waals surface area contributed by atoms with Crippen molar-refractivity contribution in [3.05, 3.63) is 35.4 Å². The van der Waals surface area contributed by atoms with Gasteiger partial charge >= 0.3 is 5.97 Å². The molecule has 1 heterocycles. The standard InChI is InChI=1S/C17H26N2O2/c1-3-10-18-16(17(20)21-4-2)13-19-11-9-14-7-5-6-8-15(14)12-19/h5-8,16,18H,3-4,9-13H2,1-2H3. The van der Waals surface area contributed by atoms with Crippen LogP contribution < -0.4 is 5.32 Å². The number of hydrogen-bond acceptors (Lipinski definition) is 4. The van der Waals surface area contributed by atoms with Gasteiger partial charge in [0.2, 0.25) is 0 Å². The monoisotopic (exact) mass is 290 g/mol. The number of esters is 1. The highest BCUT2D eigenvalue weighted by Gasteiger charge is 2.24. The predicted octanol–water partition coefficient (Wildman–Crippen LogP) is 1.98. The fourth-order valence-electron chi connectivity index (χ4n) is 2.75. The number of ether oxygens (including phenoxy) is 1. The molecule has 0 bridgehead atoms. The van der Waals surface area contributed by atoms with Crippen LogP contribution in [0.25, 0.3) is 0 Å². The third-order valence-corrected chi connectivity index (χ3v) is 3.86. The van der Waals surface area contributed by atoms with Crippen molar-refractivity contribution in [3.8, 4) is 0 Å². The third-order valence-electron chi connectivity index (χ3n) is 3.86. The zero-order valence-corrected chi connectivity index (χ0v) is 13.1. The summed E-state index contributed by atoms with van der Waals surface area (Å²) in [4.78, 5) is 14.4. The van der Waals surface area contributed by atoms with E-state index in [4.69, 9.17) is 4.74 Å². The van der Waals surface area contributed by atoms with Gasteiger partial charge in [-0.1, -0.05) is 31.2 Å². The molecule has 0 saturated carbocycles. The average molecular weight is 290 g/mol. The first kappa shape index (κ1) is 16.0. The normalized spacial score (nSPS) is 16.3. The van der Waals surface area contributed by atoms with E-state index in [1.807, 2.05) is 6.92 Å². The SMILES string of the molecule is CCCNC(CN1CCc2ccccc2C1)C(=O)OCC. The molecule has 116 valence electrons. The van der Waals surface area contributed by atoms with Gasteiger partial charge in [0.25, 0.3) is 0 Å². The van der Waals surface area contributed by atoms with Gasteiger partial charge in [0.1, 0.15) is 6.04 Å². The van der Waals surface area contributed by atoms with Crippen molar-refractivity contribution in [1.29, 1.82) is 0 Å². The molecule has 1 N–H and O–H groups in total. The molecule has 0 amide bonds. The topological polar surface area (TPSA) is 41.6 Å². The molecular weight excluding hydrogens is 264 g/mol.